The molecule has 2 saturated carbocycles. The molecule has 0 spiro atoms. The van der Waals surface area contributed by atoms with Gasteiger partial charge in [0.05, 0.1) is 6.61 Å². The number of hydrogen-bond acceptors (Lipinski definition) is 4. The highest BCUT2D eigenvalue weighted by Crippen LogP contribution is 2.61. The molecule has 2 heterocycles. The average molecular weight is 493 g/mol. The van der Waals surface area contributed by atoms with Gasteiger partial charge in [0.25, 0.3) is 0 Å². The van der Waals surface area contributed by atoms with Crippen LogP contribution in [0.1, 0.15) is 88.7 Å². The van der Waals surface area contributed by atoms with Gasteiger partial charge < -0.3 is 14.5 Å². The molecule has 0 bridgehead atoms. The number of fused-ring (bicyclic) bond motifs is 5. The van der Waals surface area contributed by atoms with Crippen LogP contribution in [0.15, 0.2) is 18.2 Å². The van der Waals surface area contributed by atoms with Crippen molar-refractivity contribution in [2.45, 2.75) is 90.0 Å². The second-order valence-electron chi connectivity index (χ2n) is 12.6. The summed E-state index contributed by atoms with van der Waals surface area (Å²) in [5, 5.41) is 0. The first-order chi connectivity index (χ1) is 17.5. The lowest BCUT2D eigenvalue weighted by Gasteiger charge is -2.49. The number of amides is 1. The highest BCUT2D eigenvalue weighted by Gasteiger charge is 2.60. The van der Waals surface area contributed by atoms with Crippen molar-refractivity contribution in [3.63, 3.8) is 0 Å². The van der Waals surface area contributed by atoms with Gasteiger partial charge in [-0.05, 0) is 112 Å². The van der Waals surface area contributed by atoms with E-state index in [1.54, 1.807) is 0 Å². The minimum atomic E-state index is -0.311. The predicted octanol–water partition coefficient (Wildman–Crippen LogP) is 5.21. The molecule has 6 atom stereocenters. The third kappa shape index (κ3) is 4.19. The van der Waals surface area contributed by atoms with E-state index in [-0.39, 0.29) is 23.2 Å². The zero-order valence-electron chi connectivity index (χ0n) is 22.3. The first kappa shape index (κ1) is 24.5. The van der Waals surface area contributed by atoms with E-state index in [9.17, 15) is 9.59 Å². The number of carbonyl (C=O) groups is 2. The first-order valence-corrected chi connectivity index (χ1v) is 14.8. The van der Waals surface area contributed by atoms with Gasteiger partial charge in [0.2, 0.25) is 5.91 Å². The molecular formula is C31H44N2O3. The van der Waals surface area contributed by atoms with Crippen molar-refractivity contribution in [3.05, 3.63) is 29.3 Å². The summed E-state index contributed by atoms with van der Waals surface area (Å²) >= 11 is 0. The van der Waals surface area contributed by atoms with Crippen molar-refractivity contribution in [2.24, 2.45) is 23.2 Å². The molecular weight excluding hydrogens is 448 g/mol. The number of nitrogens with zero attached hydrogens (tertiary/aromatic N) is 2. The van der Waals surface area contributed by atoms with Crippen LogP contribution in [0.25, 0.3) is 0 Å². The third-order valence-electron chi connectivity index (χ3n) is 10.7. The van der Waals surface area contributed by atoms with Gasteiger partial charge >= 0.3 is 0 Å². The van der Waals surface area contributed by atoms with Gasteiger partial charge in [-0.25, -0.2) is 0 Å². The van der Waals surface area contributed by atoms with Gasteiger partial charge in [-0.2, -0.15) is 0 Å². The van der Waals surface area contributed by atoms with Crippen LogP contribution in [-0.2, 0) is 16.0 Å². The summed E-state index contributed by atoms with van der Waals surface area (Å²) in [6.07, 6.45) is 10.5. The average Bonchev–Trinajstić information content (AvgIpc) is 3.61. The fourth-order valence-electron chi connectivity index (χ4n) is 8.72. The van der Waals surface area contributed by atoms with Crippen LogP contribution in [0.5, 0.6) is 5.75 Å². The lowest BCUT2D eigenvalue weighted by atomic mass is 9.54. The van der Waals surface area contributed by atoms with Gasteiger partial charge in [0.15, 0.2) is 0 Å². The van der Waals surface area contributed by atoms with Crippen molar-refractivity contribution in [1.29, 1.82) is 0 Å². The van der Waals surface area contributed by atoms with E-state index in [4.69, 9.17) is 4.74 Å². The number of ketones is 1. The van der Waals surface area contributed by atoms with Crippen LogP contribution in [0, 0.1) is 23.2 Å². The lowest BCUT2D eigenvalue weighted by Crippen LogP contribution is -2.47. The highest BCUT2D eigenvalue weighted by molar-refractivity contribution is 5.95. The third-order valence-corrected chi connectivity index (χ3v) is 10.7. The second kappa shape index (κ2) is 9.78. The van der Waals surface area contributed by atoms with E-state index in [1.165, 1.54) is 30.5 Å². The van der Waals surface area contributed by atoms with E-state index in [0.717, 1.165) is 83.0 Å². The van der Waals surface area contributed by atoms with Crippen LogP contribution in [0.3, 0.4) is 0 Å². The predicted molar refractivity (Wildman–Crippen MR) is 141 cm³/mol. The summed E-state index contributed by atoms with van der Waals surface area (Å²) in [5.74, 6) is 2.63. The number of ether oxygens (including phenoxy) is 1. The Morgan fingerprint density at radius 1 is 1.11 bits per heavy atom. The number of aryl methyl sites for hydroxylation is 1. The second-order valence-corrected chi connectivity index (χ2v) is 12.6. The van der Waals surface area contributed by atoms with E-state index >= 15 is 0 Å². The van der Waals surface area contributed by atoms with Crippen molar-refractivity contribution in [1.82, 2.24) is 9.80 Å². The monoisotopic (exact) mass is 492 g/mol. The Labute approximate surface area is 216 Å². The van der Waals surface area contributed by atoms with Crippen LogP contribution in [0.2, 0.25) is 0 Å². The van der Waals surface area contributed by atoms with Crippen molar-refractivity contribution in [2.75, 3.05) is 32.8 Å². The molecule has 1 aromatic carbocycles. The fraction of sp³-hybridized carbons (Fsp3) is 0.742. The van der Waals surface area contributed by atoms with Crippen LogP contribution in [0.4, 0.5) is 0 Å². The molecule has 0 unspecified atom stereocenters. The Morgan fingerprint density at radius 2 is 1.94 bits per heavy atom. The molecule has 6 rings (SSSR count). The van der Waals surface area contributed by atoms with E-state index in [2.05, 4.69) is 41.8 Å². The maximum Gasteiger partial charge on any atom is 0.226 e. The van der Waals surface area contributed by atoms with E-state index in [0.29, 0.717) is 24.0 Å². The SMILES string of the molecule is C[C@H]1CCCN1CCCOc1ccc2c(c1)CC[C@H]1[C@@H]3[C@H](C(=O)N4CCCC4)CC(=O)[C@@]3(C)CC[C@H]21. The normalized spacial score (nSPS) is 36.0. The van der Waals surface area contributed by atoms with Gasteiger partial charge in [-0.3, -0.25) is 9.59 Å². The molecule has 0 N–H and O–H groups in total. The molecule has 1 amide bonds. The molecule has 0 aromatic heterocycles. The van der Waals surface area contributed by atoms with Crippen molar-refractivity contribution in [3.8, 4) is 5.75 Å². The standard InChI is InChI=1S/C31H44N2O3/c1-21-7-5-16-32(21)17-6-18-36-23-9-11-24-22(19-23)8-10-26-25(24)12-13-31(2)28(34)20-27(29(26)31)30(35)33-14-3-4-15-33/h9,11,19,21,25-27,29H,3-8,10,12-18,20H2,1-2H3/t21-,25+,26+,27+,29+,31+/m0/s1. The fourth-order valence-corrected chi connectivity index (χ4v) is 8.72. The number of carbonyl (C=O) groups excluding carboxylic acids is 2. The van der Waals surface area contributed by atoms with Gasteiger partial charge in [0, 0.05) is 43.4 Å². The minimum Gasteiger partial charge on any atom is -0.494 e. The van der Waals surface area contributed by atoms with Crippen molar-refractivity contribution < 1.29 is 14.3 Å². The molecule has 196 valence electrons. The van der Waals surface area contributed by atoms with Crippen LogP contribution < -0.4 is 4.74 Å². The molecule has 5 aliphatic rings. The Bertz CT molecular complexity index is 1000. The van der Waals surface area contributed by atoms with Crippen LogP contribution in [-0.4, -0.2) is 60.3 Å². The number of benzene rings is 1. The topological polar surface area (TPSA) is 49.9 Å². The zero-order chi connectivity index (χ0) is 24.9. The largest absolute Gasteiger partial charge is 0.494 e. The zero-order valence-corrected chi connectivity index (χ0v) is 22.3. The lowest BCUT2D eigenvalue weighted by molar-refractivity contribution is -0.138. The number of likely N-dealkylation sites (tertiary alicyclic amines) is 2. The van der Waals surface area contributed by atoms with Crippen molar-refractivity contribution >= 4 is 11.7 Å². The molecule has 1 aromatic rings. The molecule has 3 aliphatic carbocycles. The highest BCUT2D eigenvalue weighted by atomic mass is 16.5. The van der Waals surface area contributed by atoms with Gasteiger partial charge in [0.1, 0.15) is 11.5 Å². The van der Waals surface area contributed by atoms with Gasteiger partial charge in [-0.1, -0.05) is 13.0 Å². The summed E-state index contributed by atoms with van der Waals surface area (Å²) in [6, 6.07) is 7.48. The molecule has 5 nitrogen and oxygen atoms in total. The van der Waals surface area contributed by atoms with Crippen LogP contribution >= 0.6 is 0 Å². The summed E-state index contributed by atoms with van der Waals surface area (Å²) in [5.41, 5.74) is 2.57. The molecule has 2 aliphatic heterocycles. The maximum absolute atomic E-state index is 13.5. The summed E-state index contributed by atoms with van der Waals surface area (Å²) < 4.78 is 6.19. The molecule has 5 heteroatoms. The first-order valence-electron chi connectivity index (χ1n) is 14.8. The van der Waals surface area contributed by atoms with E-state index < -0.39 is 0 Å². The minimum absolute atomic E-state index is 0.101. The summed E-state index contributed by atoms with van der Waals surface area (Å²) in [7, 11) is 0. The summed E-state index contributed by atoms with van der Waals surface area (Å²) in [4.78, 5) is 31.4. The number of Topliss-reactive ketones (excluding diaryl/α,β-unsaturated/α-hetero) is 1. The molecule has 0 radical (unpaired) electrons. The van der Waals surface area contributed by atoms with E-state index in [1.807, 2.05) is 0 Å². The van der Waals surface area contributed by atoms with Gasteiger partial charge in [-0.15, -0.1) is 0 Å². The Kier molecular flexibility index (Phi) is 6.64. The quantitative estimate of drug-likeness (QED) is 0.512. The molecule has 36 heavy (non-hydrogen) atoms. The Morgan fingerprint density at radius 3 is 2.72 bits per heavy atom. The summed E-state index contributed by atoms with van der Waals surface area (Å²) in [6.45, 7) is 9.42. The Balaban J connectivity index is 1.14. The molecule has 4 fully saturated rings. The number of hydrogen-bond donors (Lipinski definition) is 0. The maximum atomic E-state index is 13.5. The molecule has 2 saturated heterocycles. The Hall–Kier alpha value is -1.88. The number of rotatable bonds is 6. The smallest absolute Gasteiger partial charge is 0.226 e.